The summed E-state index contributed by atoms with van der Waals surface area (Å²) in [6.07, 6.45) is 0. The van der Waals surface area contributed by atoms with Crippen LogP contribution in [0.1, 0.15) is 0 Å². The highest BCUT2D eigenvalue weighted by molar-refractivity contribution is 5.83. The maximum Gasteiger partial charge on any atom is 0.129 e. The average Bonchev–Trinajstić information content (AvgIpc) is 2.26. The van der Waals surface area contributed by atoms with Gasteiger partial charge in [0.05, 0.1) is 5.56 Å². The minimum Gasteiger partial charge on any atom is -0.508 e. The van der Waals surface area contributed by atoms with E-state index in [0.717, 1.165) is 18.2 Å². The first-order chi connectivity index (χ1) is 8.51. The van der Waals surface area contributed by atoms with Crippen LogP contribution in [0.15, 0.2) is 35.5 Å². The topological polar surface area (TPSA) is 110 Å². The molecule has 6 nitrogen and oxygen atoms in total. The quantitative estimate of drug-likeness (QED) is 0.609. The summed E-state index contributed by atoms with van der Waals surface area (Å²) in [4.78, 5) is 10.7. The summed E-state index contributed by atoms with van der Waals surface area (Å²) in [7, 11) is 0. The fourth-order valence-electron chi connectivity index (χ4n) is 1.70. The molecule has 0 heterocycles. The molecule has 0 fully saturated rings. The van der Waals surface area contributed by atoms with E-state index in [0.29, 0.717) is 0 Å². The van der Waals surface area contributed by atoms with Crippen molar-refractivity contribution < 1.29 is 20.4 Å². The van der Waals surface area contributed by atoms with Crippen molar-refractivity contribution in [1.29, 1.82) is 0 Å². The van der Waals surface area contributed by atoms with Crippen LogP contribution in [0.3, 0.4) is 0 Å². The highest BCUT2D eigenvalue weighted by Gasteiger charge is 2.14. The number of aromatic hydroxyl groups is 4. The Morgan fingerprint density at radius 2 is 1.33 bits per heavy atom. The molecule has 0 aliphatic heterocycles. The zero-order valence-corrected chi connectivity index (χ0v) is 9.03. The number of nitroso groups, excluding NO2 is 1. The molecule has 0 unspecified atom stereocenters. The lowest BCUT2D eigenvalue weighted by atomic mass is 10.0. The molecule has 0 aliphatic rings. The molecule has 92 valence electrons. The molecule has 0 amide bonds. The minimum atomic E-state index is -0.380. The summed E-state index contributed by atoms with van der Waals surface area (Å²) in [6, 6.07) is 5.71. The van der Waals surface area contributed by atoms with Crippen LogP contribution in [0.5, 0.6) is 23.0 Å². The van der Waals surface area contributed by atoms with Crippen LogP contribution in [-0.2, 0) is 0 Å². The first kappa shape index (κ1) is 11.7. The molecule has 0 spiro atoms. The van der Waals surface area contributed by atoms with Gasteiger partial charge >= 0.3 is 0 Å². The monoisotopic (exact) mass is 247 g/mol. The Morgan fingerprint density at radius 1 is 0.778 bits per heavy atom. The number of phenolic OH excluding ortho intramolecular Hbond substituents is 4. The SMILES string of the molecule is O=Nc1cc(O)cc(O)c1-c1cc(O)cc(O)c1. The molecule has 2 aromatic rings. The second kappa shape index (κ2) is 4.25. The van der Waals surface area contributed by atoms with Gasteiger partial charge in [0.15, 0.2) is 0 Å². The number of phenols is 4. The summed E-state index contributed by atoms with van der Waals surface area (Å²) < 4.78 is 0. The highest BCUT2D eigenvalue weighted by Crippen LogP contribution is 2.42. The lowest BCUT2D eigenvalue weighted by Crippen LogP contribution is -1.81. The van der Waals surface area contributed by atoms with Gasteiger partial charge in [-0.05, 0) is 22.9 Å². The number of nitrogens with zero attached hydrogens (tertiary/aromatic N) is 1. The molecule has 2 aromatic carbocycles. The van der Waals surface area contributed by atoms with Crippen LogP contribution in [0, 0.1) is 4.91 Å². The Labute approximate surface area is 101 Å². The fraction of sp³-hybridized carbons (Fsp3) is 0. The minimum absolute atomic E-state index is 0.0222. The van der Waals surface area contributed by atoms with Gasteiger partial charge in [-0.1, -0.05) is 0 Å². The molecule has 0 aromatic heterocycles. The average molecular weight is 247 g/mol. The van der Waals surface area contributed by atoms with Crippen molar-refractivity contribution >= 4 is 5.69 Å². The summed E-state index contributed by atoms with van der Waals surface area (Å²) in [5.74, 6) is -1.14. The predicted molar refractivity (Wildman–Crippen MR) is 64.0 cm³/mol. The maximum absolute atomic E-state index is 10.7. The Morgan fingerprint density at radius 3 is 1.89 bits per heavy atom. The van der Waals surface area contributed by atoms with Crippen LogP contribution < -0.4 is 0 Å². The third-order valence-corrected chi connectivity index (χ3v) is 2.37. The van der Waals surface area contributed by atoms with Crippen molar-refractivity contribution in [2.75, 3.05) is 0 Å². The van der Waals surface area contributed by atoms with Crippen molar-refractivity contribution in [2.45, 2.75) is 0 Å². The van der Waals surface area contributed by atoms with Gasteiger partial charge in [0, 0.05) is 18.2 Å². The fourth-order valence-corrected chi connectivity index (χ4v) is 1.70. The van der Waals surface area contributed by atoms with Crippen molar-refractivity contribution in [3.8, 4) is 34.1 Å². The van der Waals surface area contributed by atoms with Crippen LogP contribution in [-0.4, -0.2) is 20.4 Å². The summed E-state index contributed by atoms with van der Waals surface area (Å²) in [6.45, 7) is 0. The molecule has 0 aliphatic carbocycles. The Bertz CT molecular complexity index is 604. The first-order valence-corrected chi connectivity index (χ1v) is 4.94. The molecule has 0 atom stereocenters. The Kier molecular flexibility index (Phi) is 2.77. The third kappa shape index (κ3) is 2.03. The van der Waals surface area contributed by atoms with Gasteiger partial charge < -0.3 is 20.4 Å². The standard InChI is InChI=1S/C12H9NO5/c14-7-1-6(2-8(15)3-7)12-10(13-18)4-9(16)5-11(12)17/h1-5,14-17H. The van der Waals surface area contributed by atoms with Crippen molar-refractivity contribution in [1.82, 2.24) is 0 Å². The van der Waals surface area contributed by atoms with E-state index in [1.165, 1.54) is 12.1 Å². The van der Waals surface area contributed by atoms with Crippen molar-refractivity contribution in [3.05, 3.63) is 35.2 Å². The van der Waals surface area contributed by atoms with Crippen LogP contribution in [0.25, 0.3) is 11.1 Å². The number of hydrogen-bond donors (Lipinski definition) is 4. The number of benzene rings is 2. The van der Waals surface area contributed by atoms with E-state index in [1.807, 2.05) is 0 Å². The predicted octanol–water partition coefficient (Wildman–Crippen LogP) is 2.57. The highest BCUT2D eigenvalue weighted by atomic mass is 16.3. The van der Waals surface area contributed by atoms with Gasteiger partial charge in [-0.3, -0.25) is 0 Å². The maximum atomic E-state index is 10.7. The normalized spacial score (nSPS) is 10.2. The molecular weight excluding hydrogens is 238 g/mol. The van der Waals surface area contributed by atoms with Gasteiger partial charge in [0.2, 0.25) is 0 Å². The van der Waals surface area contributed by atoms with Gasteiger partial charge in [-0.2, -0.15) is 0 Å². The van der Waals surface area contributed by atoms with E-state index < -0.39 is 0 Å². The van der Waals surface area contributed by atoms with E-state index in [1.54, 1.807) is 0 Å². The van der Waals surface area contributed by atoms with E-state index >= 15 is 0 Å². The molecule has 0 saturated heterocycles. The molecule has 0 radical (unpaired) electrons. The molecule has 18 heavy (non-hydrogen) atoms. The van der Waals surface area contributed by atoms with Crippen LogP contribution in [0.2, 0.25) is 0 Å². The first-order valence-electron chi connectivity index (χ1n) is 4.94. The zero-order chi connectivity index (χ0) is 13.3. The molecule has 2 rings (SSSR count). The smallest absolute Gasteiger partial charge is 0.129 e. The lowest BCUT2D eigenvalue weighted by molar-refractivity contribution is 0.450. The van der Waals surface area contributed by atoms with Gasteiger partial charge in [-0.25, -0.2) is 0 Å². The summed E-state index contributed by atoms with van der Waals surface area (Å²) >= 11 is 0. The van der Waals surface area contributed by atoms with Gasteiger partial charge in [0.1, 0.15) is 28.7 Å². The molecule has 0 saturated carbocycles. The Balaban J connectivity index is 2.73. The zero-order valence-electron chi connectivity index (χ0n) is 9.03. The van der Waals surface area contributed by atoms with E-state index in [4.69, 9.17) is 0 Å². The van der Waals surface area contributed by atoms with E-state index in [-0.39, 0.29) is 39.8 Å². The molecule has 0 bridgehead atoms. The summed E-state index contributed by atoms with van der Waals surface area (Å²) in [5, 5.41) is 40.4. The molecular formula is C12H9NO5. The number of hydrogen-bond acceptors (Lipinski definition) is 6. The largest absolute Gasteiger partial charge is 0.508 e. The van der Waals surface area contributed by atoms with Gasteiger partial charge in [-0.15, -0.1) is 4.91 Å². The summed E-state index contributed by atoms with van der Waals surface area (Å²) in [5.41, 5.74) is 0.0334. The van der Waals surface area contributed by atoms with E-state index in [9.17, 15) is 25.3 Å². The third-order valence-electron chi connectivity index (χ3n) is 2.37. The molecule has 6 heteroatoms. The lowest BCUT2D eigenvalue weighted by Gasteiger charge is -2.08. The Hall–Kier alpha value is -2.76. The second-order valence-corrected chi connectivity index (χ2v) is 3.69. The van der Waals surface area contributed by atoms with Gasteiger partial charge in [0.25, 0.3) is 0 Å². The van der Waals surface area contributed by atoms with Crippen molar-refractivity contribution in [3.63, 3.8) is 0 Å². The molecule has 4 N–H and O–H groups in total. The van der Waals surface area contributed by atoms with Crippen molar-refractivity contribution in [2.24, 2.45) is 5.18 Å². The van der Waals surface area contributed by atoms with E-state index in [2.05, 4.69) is 5.18 Å². The second-order valence-electron chi connectivity index (χ2n) is 3.69. The number of rotatable bonds is 2. The van der Waals surface area contributed by atoms with Crippen LogP contribution in [0.4, 0.5) is 5.69 Å². The van der Waals surface area contributed by atoms with Crippen LogP contribution >= 0.6 is 0 Å².